The molecule has 1 N–H and O–H groups in total. The van der Waals surface area contributed by atoms with Gasteiger partial charge in [0, 0.05) is 38.3 Å². The number of hydrogen-bond acceptors (Lipinski definition) is 7. The molecule has 0 spiro atoms. The van der Waals surface area contributed by atoms with Crippen molar-refractivity contribution >= 4 is 29.1 Å². The number of halogens is 1. The van der Waals surface area contributed by atoms with Crippen molar-refractivity contribution < 1.29 is 9.32 Å². The molecule has 0 unspecified atom stereocenters. The van der Waals surface area contributed by atoms with Crippen molar-refractivity contribution in [3.05, 3.63) is 28.9 Å². The van der Waals surface area contributed by atoms with Crippen LogP contribution in [0, 0.1) is 13.8 Å². The van der Waals surface area contributed by atoms with Crippen LogP contribution < -0.4 is 10.2 Å². The van der Waals surface area contributed by atoms with Crippen LogP contribution in [0.1, 0.15) is 11.6 Å². The summed E-state index contributed by atoms with van der Waals surface area (Å²) in [5.74, 6) is 2.49. The van der Waals surface area contributed by atoms with Gasteiger partial charge in [0.05, 0.1) is 6.54 Å². The Labute approximate surface area is 144 Å². The molecule has 0 saturated carbocycles. The molecule has 0 atom stereocenters. The van der Waals surface area contributed by atoms with Crippen LogP contribution in [0.2, 0.25) is 5.15 Å². The molecule has 24 heavy (non-hydrogen) atoms. The summed E-state index contributed by atoms with van der Waals surface area (Å²) >= 11 is 5.99. The third-order valence-corrected chi connectivity index (χ3v) is 3.95. The van der Waals surface area contributed by atoms with Gasteiger partial charge in [-0.25, -0.2) is 9.97 Å². The zero-order chi connectivity index (χ0) is 17.1. The molecule has 1 aliphatic heterocycles. The first-order chi connectivity index (χ1) is 11.5. The summed E-state index contributed by atoms with van der Waals surface area (Å²) in [5, 5.41) is 6.93. The molecule has 2 aromatic rings. The van der Waals surface area contributed by atoms with Crippen molar-refractivity contribution in [2.24, 2.45) is 0 Å². The Kier molecular flexibility index (Phi) is 4.96. The van der Waals surface area contributed by atoms with E-state index in [-0.39, 0.29) is 5.91 Å². The van der Waals surface area contributed by atoms with Crippen LogP contribution in [0.3, 0.4) is 0 Å². The third-order valence-electron chi connectivity index (χ3n) is 3.75. The molecule has 1 aliphatic rings. The highest BCUT2D eigenvalue weighted by Gasteiger charge is 2.21. The Morgan fingerprint density at radius 2 is 2.00 bits per heavy atom. The highest BCUT2D eigenvalue weighted by atomic mass is 35.5. The minimum atomic E-state index is -0.0994. The van der Waals surface area contributed by atoms with Crippen molar-refractivity contribution in [3.8, 4) is 0 Å². The average molecular weight is 351 g/mol. The Bertz CT molecular complexity index is 706. The summed E-state index contributed by atoms with van der Waals surface area (Å²) in [7, 11) is 0. The van der Waals surface area contributed by atoms with E-state index in [4.69, 9.17) is 16.1 Å². The van der Waals surface area contributed by atoms with Crippen LogP contribution in [0.25, 0.3) is 0 Å². The zero-order valence-corrected chi connectivity index (χ0v) is 14.4. The van der Waals surface area contributed by atoms with E-state index in [0.717, 1.165) is 32.0 Å². The van der Waals surface area contributed by atoms with Crippen molar-refractivity contribution in [1.82, 2.24) is 20.0 Å². The second-order valence-electron chi connectivity index (χ2n) is 5.73. The van der Waals surface area contributed by atoms with E-state index in [9.17, 15) is 4.79 Å². The highest BCUT2D eigenvalue weighted by molar-refractivity contribution is 6.29. The number of rotatable bonds is 4. The number of amides is 1. The Morgan fingerprint density at radius 1 is 1.25 bits per heavy atom. The number of piperazine rings is 1. The van der Waals surface area contributed by atoms with Crippen molar-refractivity contribution in [2.45, 2.75) is 13.8 Å². The number of aryl methyl sites for hydroxylation is 2. The topological polar surface area (TPSA) is 87.4 Å². The highest BCUT2D eigenvalue weighted by Crippen LogP contribution is 2.17. The van der Waals surface area contributed by atoms with Crippen LogP contribution in [-0.2, 0) is 4.79 Å². The molecule has 9 heteroatoms. The molecule has 0 radical (unpaired) electrons. The molecule has 1 saturated heterocycles. The third kappa shape index (κ3) is 4.21. The van der Waals surface area contributed by atoms with E-state index < -0.39 is 0 Å². The maximum absolute atomic E-state index is 12.0. The molecule has 128 valence electrons. The fourth-order valence-corrected chi connectivity index (χ4v) is 2.84. The minimum absolute atomic E-state index is 0.0994. The van der Waals surface area contributed by atoms with Gasteiger partial charge in [0.15, 0.2) is 5.82 Å². The number of hydrogen-bond donors (Lipinski definition) is 1. The van der Waals surface area contributed by atoms with Gasteiger partial charge in [-0.05, 0) is 13.8 Å². The normalized spacial score (nSPS) is 15.5. The molecule has 0 aromatic carbocycles. The van der Waals surface area contributed by atoms with Crippen LogP contribution in [0.5, 0.6) is 0 Å². The maximum atomic E-state index is 12.0. The van der Waals surface area contributed by atoms with Crippen molar-refractivity contribution in [1.29, 1.82) is 0 Å². The van der Waals surface area contributed by atoms with Gasteiger partial charge in [0.1, 0.15) is 22.6 Å². The number of carbonyl (C=O) groups excluding carboxylic acids is 1. The smallest absolute Gasteiger partial charge is 0.239 e. The summed E-state index contributed by atoms with van der Waals surface area (Å²) in [6.45, 7) is 7.03. The van der Waals surface area contributed by atoms with Gasteiger partial charge < -0.3 is 14.7 Å². The van der Waals surface area contributed by atoms with Crippen LogP contribution in [0.4, 0.5) is 11.6 Å². The maximum Gasteiger partial charge on any atom is 0.239 e. The van der Waals surface area contributed by atoms with Crippen molar-refractivity contribution in [3.63, 3.8) is 0 Å². The van der Waals surface area contributed by atoms with Crippen molar-refractivity contribution in [2.75, 3.05) is 42.9 Å². The van der Waals surface area contributed by atoms with Gasteiger partial charge in [0.25, 0.3) is 0 Å². The molecule has 0 aliphatic carbocycles. The molecule has 0 bridgehead atoms. The standard InChI is InChI=1S/C15H19ClN6O2/c1-10-7-13(20-24-10)19-15(23)9-21-3-5-22(6-4-21)14-8-12(16)17-11(2)18-14/h7-8H,3-6,9H2,1-2H3,(H,19,20,23). The fraction of sp³-hybridized carbons (Fsp3) is 0.467. The number of anilines is 2. The van der Waals surface area contributed by atoms with E-state index in [0.29, 0.717) is 29.1 Å². The van der Waals surface area contributed by atoms with E-state index in [1.165, 1.54) is 0 Å². The van der Waals surface area contributed by atoms with Gasteiger partial charge in [-0.2, -0.15) is 0 Å². The van der Waals surface area contributed by atoms with E-state index >= 15 is 0 Å². The number of nitrogens with zero attached hydrogens (tertiary/aromatic N) is 5. The van der Waals surface area contributed by atoms with Gasteiger partial charge >= 0.3 is 0 Å². The first-order valence-corrected chi connectivity index (χ1v) is 8.09. The SMILES string of the molecule is Cc1nc(Cl)cc(N2CCN(CC(=O)Nc3cc(C)on3)CC2)n1. The lowest BCUT2D eigenvalue weighted by Gasteiger charge is -2.35. The van der Waals surface area contributed by atoms with Crippen LogP contribution in [-0.4, -0.2) is 58.7 Å². The lowest BCUT2D eigenvalue weighted by molar-refractivity contribution is -0.117. The van der Waals surface area contributed by atoms with Gasteiger partial charge in [0.2, 0.25) is 5.91 Å². The average Bonchev–Trinajstić information content (AvgIpc) is 2.92. The predicted octanol–water partition coefficient (Wildman–Crippen LogP) is 1.50. The summed E-state index contributed by atoms with van der Waals surface area (Å²) in [6, 6.07) is 3.46. The first-order valence-electron chi connectivity index (χ1n) is 7.71. The summed E-state index contributed by atoms with van der Waals surface area (Å²) in [6.07, 6.45) is 0. The van der Waals surface area contributed by atoms with E-state index in [1.54, 1.807) is 19.1 Å². The number of aromatic nitrogens is 3. The summed E-state index contributed by atoms with van der Waals surface area (Å²) < 4.78 is 4.93. The van der Waals surface area contributed by atoms with Gasteiger partial charge in [-0.15, -0.1) is 0 Å². The lowest BCUT2D eigenvalue weighted by atomic mass is 10.3. The fourth-order valence-electron chi connectivity index (χ4n) is 2.62. The number of nitrogens with one attached hydrogen (secondary N) is 1. The Hall–Kier alpha value is -2.19. The van der Waals surface area contributed by atoms with E-state index in [2.05, 4.69) is 30.2 Å². The molecule has 1 fully saturated rings. The quantitative estimate of drug-likeness (QED) is 0.836. The Balaban J connectivity index is 1.50. The van der Waals surface area contributed by atoms with E-state index in [1.807, 2.05) is 6.92 Å². The summed E-state index contributed by atoms with van der Waals surface area (Å²) in [5.41, 5.74) is 0. The molecule has 3 heterocycles. The molecule has 2 aromatic heterocycles. The van der Waals surface area contributed by atoms with Gasteiger partial charge in [-0.3, -0.25) is 9.69 Å². The summed E-state index contributed by atoms with van der Waals surface area (Å²) in [4.78, 5) is 24.8. The van der Waals surface area contributed by atoms with Gasteiger partial charge in [-0.1, -0.05) is 16.8 Å². The monoisotopic (exact) mass is 350 g/mol. The number of carbonyl (C=O) groups is 1. The first kappa shape index (κ1) is 16.7. The zero-order valence-electron chi connectivity index (χ0n) is 13.6. The predicted molar refractivity (Wildman–Crippen MR) is 90.3 cm³/mol. The molecule has 3 rings (SSSR count). The second-order valence-corrected chi connectivity index (χ2v) is 6.12. The van der Waals surface area contributed by atoms with Crippen LogP contribution in [0.15, 0.2) is 16.7 Å². The Morgan fingerprint density at radius 3 is 2.62 bits per heavy atom. The largest absolute Gasteiger partial charge is 0.360 e. The second kappa shape index (κ2) is 7.14. The van der Waals surface area contributed by atoms with Crippen LogP contribution >= 0.6 is 11.6 Å². The molecule has 1 amide bonds. The molecular weight excluding hydrogens is 332 g/mol. The molecular formula is C15H19ClN6O2. The molecule has 8 nitrogen and oxygen atoms in total. The lowest BCUT2D eigenvalue weighted by Crippen LogP contribution is -2.49. The minimum Gasteiger partial charge on any atom is -0.360 e.